The summed E-state index contributed by atoms with van der Waals surface area (Å²) in [5, 5.41) is 11.7. The van der Waals surface area contributed by atoms with Crippen LogP contribution < -0.4 is 11.1 Å². The second-order valence-electron chi connectivity index (χ2n) is 4.17. The number of nitrogens with two attached hydrogens (primary N) is 1. The molecule has 0 spiro atoms. The molecule has 0 saturated carbocycles. The highest BCUT2D eigenvalue weighted by Gasteiger charge is 2.23. The zero-order chi connectivity index (χ0) is 13.2. The number of aromatic carboxylic acids is 1. The lowest BCUT2D eigenvalue weighted by molar-refractivity contribution is -0.120. The largest absolute Gasteiger partial charge is 0.478 e. The molecule has 5 nitrogen and oxygen atoms in total. The number of anilines is 1. The van der Waals surface area contributed by atoms with E-state index in [1.807, 2.05) is 0 Å². The molecule has 1 aromatic carbocycles. The molecule has 1 aromatic rings. The maximum absolute atomic E-state index is 11.6. The Morgan fingerprint density at radius 1 is 1.41 bits per heavy atom. The second-order valence-corrected chi connectivity index (χ2v) is 4.61. The summed E-state index contributed by atoms with van der Waals surface area (Å²) in [7, 11) is 0. The third-order valence-electron chi connectivity index (χ3n) is 2.05. The van der Waals surface area contributed by atoms with Crippen LogP contribution in [-0.4, -0.2) is 22.5 Å². The summed E-state index contributed by atoms with van der Waals surface area (Å²) in [5.41, 5.74) is 4.60. The third-order valence-corrected chi connectivity index (χ3v) is 2.28. The Kier molecular flexibility index (Phi) is 3.75. The van der Waals surface area contributed by atoms with Crippen molar-refractivity contribution >= 4 is 29.2 Å². The molecule has 1 rings (SSSR count). The molecule has 0 aliphatic carbocycles. The Balaban J connectivity index is 3.09. The summed E-state index contributed by atoms with van der Waals surface area (Å²) in [4.78, 5) is 22.6. The van der Waals surface area contributed by atoms with E-state index in [0.717, 1.165) is 0 Å². The Bertz CT molecular complexity index is 466. The summed E-state index contributed by atoms with van der Waals surface area (Å²) in [6, 6.07) is 4.13. The normalized spacial score (nSPS) is 11.1. The summed E-state index contributed by atoms with van der Waals surface area (Å²) >= 11 is 5.74. The van der Waals surface area contributed by atoms with Gasteiger partial charge in [-0.3, -0.25) is 4.79 Å². The van der Waals surface area contributed by atoms with Gasteiger partial charge in [0.2, 0.25) is 5.91 Å². The second kappa shape index (κ2) is 4.73. The fourth-order valence-electron chi connectivity index (χ4n) is 1.09. The highest BCUT2D eigenvalue weighted by Crippen LogP contribution is 2.21. The van der Waals surface area contributed by atoms with Crippen LogP contribution >= 0.6 is 11.6 Å². The molecular formula is C11H13ClN2O3. The number of nitrogens with one attached hydrogen (secondary N) is 1. The first-order valence-corrected chi connectivity index (χ1v) is 5.23. The zero-order valence-corrected chi connectivity index (χ0v) is 10.2. The van der Waals surface area contributed by atoms with Crippen molar-refractivity contribution in [2.45, 2.75) is 19.4 Å². The first-order valence-electron chi connectivity index (χ1n) is 4.85. The number of benzene rings is 1. The van der Waals surface area contributed by atoms with Gasteiger partial charge in [-0.15, -0.1) is 0 Å². The van der Waals surface area contributed by atoms with Crippen molar-refractivity contribution in [3.63, 3.8) is 0 Å². The van der Waals surface area contributed by atoms with Gasteiger partial charge >= 0.3 is 5.97 Å². The standard InChI is InChI=1S/C11H13ClN2O3/c1-11(2,13)10(17)14-8-5-6(12)3-4-7(8)9(15)16/h3-5H,13H2,1-2H3,(H,14,17)(H,15,16). The number of halogens is 1. The quantitative estimate of drug-likeness (QED) is 0.768. The predicted octanol–water partition coefficient (Wildman–Crippen LogP) is 1.71. The van der Waals surface area contributed by atoms with Gasteiger partial charge in [-0.2, -0.15) is 0 Å². The minimum Gasteiger partial charge on any atom is -0.478 e. The number of hydrogen-bond acceptors (Lipinski definition) is 3. The van der Waals surface area contributed by atoms with E-state index in [2.05, 4.69) is 5.32 Å². The third kappa shape index (κ3) is 3.44. The number of carbonyl (C=O) groups is 2. The predicted molar refractivity (Wildman–Crippen MR) is 65.3 cm³/mol. The average Bonchev–Trinajstić information content (AvgIpc) is 2.15. The number of hydrogen-bond donors (Lipinski definition) is 3. The van der Waals surface area contributed by atoms with E-state index in [0.29, 0.717) is 5.02 Å². The topological polar surface area (TPSA) is 92.4 Å². The minimum atomic E-state index is -1.15. The van der Waals surface area contributed by atoms with E-state index in [1.54, 1.807) is 0 Å². The first kappa shape index (κ1) is 13.5. The van der Waals surface area contributed by atoms with E-state index < -0.39 is 17.4 Å². The molecule has 0 aliphatic rings. The maximum Gasteiger partial charge on any atom is 0.337 e. The lowest BCUT2D eigenvalue weighted by Gasteiger charge is -2.18. The molecule has 0 heterocycles. The smallest absolute Gasteiger partial charge is 0.337 e. The van der Waals surface area contributed by atoms with Crippen LogP contribution in [0.3, 0.4) is 0 Å². The first-order chi connectivity index (χ1) is 7.71. The van der Waals surface area contributed by atoms with Crippen LogP contribution in [0.15, 0.2) is 18.2 Å². The number of rotatable bonds is 3. The molecule has 17 heavy (non-hydrogen) atoms. The molecule has 4 N–H and O–H groups in total. The zero-order valence-electron chi connectivity index (χ0n) is 9.45. The van der Waals surface area contributed by atoms with Crippen molar-refractivity contribution in [1.29, 1.82) is 0 Å². The van der Waals surface area contributed by atoms with E-state index in [1.165, 1.54) is 32.0 Å². The van der Waals surface area contributed by atoms with Gasteiger partial charge in [0.05, 0.1) is 16.8 Å². The highest BCUT2D eigenvalue weighted by atomic mass is 35.5. The molecular weight excluding hydrogens is 244 g/mol. The van der Waals surface area contributed by atoms with Crippen LogP contribution in [0.5, 0.6) is 0 Å². The summed E-state index contributed by atoms with van der Waals surface area (Å²) in [5.74, 6) is -1.63. The van der Waals surface area contributed by atoms with E-state index in [9.17, 15) is 9.59 Å². The Labute approximate surface area is 104 Å². The average molecular weight is 257 g/mol. The van der Waals surface area contributed by atoms with Gasteiger partial charge in [-0.25, -0.2) is 4.79 Å². The van der Waals surface area contributed by atoms with Gasteiger partial charge < -0.3 is 16.2 Å². The molecule has 0 fully saturated rings. The number of carbonyl (C=O) groups excluding carboxylic acids is 1. The fourth-order valence-corrected chi connectivity index (χ4v) is 1.26. The van der Waals surface area contributed by atoms with Crippen LogP contribution in [0.1, 0.15) is 24.2 Å². The lowest BCUT2D eigenvalue weighted by atomic mass is 10.1. The van der Waals surface area contributed by atoms with Gasteiger partial charge in [-0.1, -0.05) is 11.6 Å². The van der Waals surface area contributed by atoms with Gasteiger partial charge in [-0.05, 0) is 32.0 Å². The van der Waals surface area contributed by atoms with Gasteiger partial charge in [0.15, 0.2) is 0 Å². The lowest BCUT2D eigenvalue weighted by Crippen LogP contribution is -2.45. The van der Waals surface area contributed by atoms with Gasteiger partial charge in [0.25, 0.3) is 0 Å². The number of carboxylic acid groups (broad SMARTS) is 1. The fraction of sp³-hybridized carbons (Fsp3) is 0.273. The summed E-state index contributed by atoms with van der Waals surface area (Å²) < 4.78 is 0. The monoisotopic (exact) mass is 256 g/mol. The van der Waals surface area contributed by atoms with Crippen molar-refractivity contribution in [1.82, 2.24) is 0 Å². The van der Waals surface area contributed by atoms with Crippen LogP contribution in [-0.2, 0) is 4.79 Å². The molecule has 6 heteroatoms. The van der Waals surface area contributed by atoms with Crippen molar-refractivity contribution in [3.8, 4) is 0 Å². The van der Waals surface area contributed by atoms with Crippen molar-refractivity contribution in [2.24, 2.45) is 5.73 Å². The van der Waals surface area contributed by atoms with E-state index in [4.69, 9.17) is 22.4 Å². The van der Waals surface area contributed by atoms with Crippen molar-refractivity contribution in [2.75, 3.05) is 5.32 Å². The molecule has 0 radical (unpaired) electrons. The van der Waals surface area contributed by atoms with Crippen LogP contribution in [0.2, 0.25) is 5.02 Å². The van der Waals surface area contributed by atoms with Crippen molar-refractivity contribution in [3.05, 3.63) is 28.8 Å². The highest BCUT2D eigenvalue weighted by molar-refractivity contribution is 6.31. The van der Waals surface area contributed by atoms with Crippen LogP contribution in [0.4, 0.5) is 5.69 Å². The SMILES string of the molecule is CC(C)(N)C(=O)Nc1cc(Cl)ccc1C(=O)O. The Hall–Kier alpha value is -1.59. The molecule has 0 saturated heterocycles. The summed E-state index contributed by atoms with van der Waals surface area (Å²) in [6.45, 7) is 3.04. The van der Waals surface area contributed by atoms with Crippen molar-refractivity contribution < 1.29 is 14.7 Å². The Morgan fingerprint density at radius 2 is 2.00 bits per heavy atom. The number of carboxylic acids is 1. The van der Waals surface area contributed by atoms with Crippen LogP contribution in [0.25, 0.3) is 0 Å². The summed E-state index contributed by atoms with van der Waals surface area (Å²) in [6.07, 6.45) is 0. The maximum atomic E-state index is 11.6. The Morgan fingerprint density at radius 3 is 2.47 bits per heavy atom. The molecule has 0 bridgehead atoms. The molecule has 0 aromatic heterocycles. The van der Waals surface area contributed by atoms with E-state index >= 15 is 0 Å². The molecule has 0 unspecified atom stereocenters. The van der Waals surface area contributed by atoms with Gasteiger partial charge in [0.1, 0.15) is 0 Å². The van der Waals surface area contributed by atoms with Gasteiger partial charge in [0, 0.05) is 5.02 Å². The van der Waals surface area contributed by atoms with E-state index in [-0.39, 0.29) is 11.3 Å². The molecule has 0 atom stereocenters. The van der Waals surface area contributed by atoms with Crippen LogP contribution in [0, 0.1) is 0 Å². The number of amides is 1. The molecule has 1 amide bonds. The molecule has 92 valence electrons. The minimum absolute atomic E-state index is 0.0352. The molecule has 0 aliphatic heterocycles.